The molecule has 0 spiro atoms. The van der Waals surface area contributed by atoms with Crippen LogP contribution in [0, 0.1) is 5.92 Å². The van der Waals surface area contributed by atoms with E-state index in [-0.39, 0.29) is 17.9 Å². The van der Waals surface area contributed by atoms with Crippen molar-refractivity contribution in [3.63, 3.8) is 0 Å². The second-order valence-electron chi connectivity index (χ2n) is 10.6. The number of nitrogens with zero attached hydrogens (tertiary/aromatic N) is 4. The monoisotopic (exact) mass is 510 g/mol. The smallest absolute Gasteiger partial charge is 0.381 e. The van der Waals surface area contributed by atoms with Crippen molar-refractivity contribution in [2.45, 2.75) is 88.1 Å². The summed E-state index contributed by atoms with van der Waals surface area (Å²) in [6.07, 6.45) is -0.220. The number of nitrogens with two attached hydrogens (primary N) is 1. The highest BCUT2D eigenvalue weighted by atomic mass is 19.4. The van der Waals surface area contributed by atoms with Crippen LogP contribution in [0.25, 0.3) is 5.78 Å². The molecule has 0 radical (unpaired) electrons. The number of imidazole rings is 1. The summed E-state index contributed by atoms with van der Waals surface area (Å²) in [4.78, 5) is 21.9. The lowest BCUT2D eigenvalue weighted by Crippen LogP contribution is -2.55. The molecule has 1 saturated carbocycles. The molecule has 1 amide bonds. The van der Waals surface area contributed by atoms with E-state index >= 15 is 0 Å². The predicted molar refractivity (Wildman–Crippen MR) is 123 cm³/mol. The molecule has 9 nitrogen and oxygen atoms in total. The van der Waals surface area contributed by atoms with Crippen LogP contribution < -0.4 is 11.1 Å². The van der Waals surface area contributed by atoms with E-state index in [4.69, 9.17) is 25.2 Å². The third-order valence-corrected chi connectivity index (χ3v) is 7.70. The van der Waals surface area contributed by atoms with Crippen molar-refractivity contribution < 1.29 is 27.4 Å². The second-order valence-corrected chi connectivity index (χ2v) is 10.6. The minimum Gasteiger partial charge on any atom is -0.381 e. The van der Waals surface area contributed by atoms with E-state index < -0.39 is 30.8 Å². The van der Waals surface area contributed by atoms with Crippen LogP contribution in [0.4, 0.5) is 13.2 Å². The molecule has 3 aliphatic rings. The molecule has 2 aromatic rings. The van der Waals surface area contributed by atoms with Crippen molar-refractivity contribution in [2.24, 2.45) is 11.7 Å². The van der Waals surface area contributed by atoms with Crippen LogP contribution in [0.15, 0.2) is 6.20 Å². The van der Waals surface area contributed by atoms with Crippen LogP contribution >= 0.6 is 0 Å². The molecule has 2 atom stereocenters. The van der Waals surface area contributed by atoms with Crippen molar-refractivity contribution in [3.8, 4) is 0 Å². The van der Waals surface area contributed by atoms with Crippen LogP contribution in [0.5, 0.6) is 0 Å². The molecule has 2 aromatic heterocycles. The van der Waals surface area contributed by atoms with Gasteiger partial charge in [-0.2, -0.15) is 18.3 Å². The molecule has 4 heterocycles. The third kappa shape index (κ3) is 5.50. The van der Waals surface area contributed by atoms with Gasteiger partial charge in [-0.25, -0.2) is 14.5 Å². The number of aromatic nitrogens is 4. The molecule has 2 unspecified atom stereocenters. The quantitative estimate of drug-likeness (QED) is 0.635. The summed E-state index contributed by atoms with van der Waals surface area (Å²) in [7, 11) is 0. The maximum Gasteiger partial charge on any atom is 0.416 e. The van der Waals surface area contributed by atoms with E-state index in [2.05, 4.69) is 17.3 Å². The maximum atomic E-state index is 13.3. The van der Waals surface area contributed by atoms with Gasteiger partial charge >= 0.3 is 6.18 Å². The molecular weight excluding hydrogens is 477 g/mol. The number of hydrogen-bond acceptors (Lipinski definition) is 7. The van der Waals surface area contributed by atoms with Crippen molar-refractivity contribution >= 4 is 11.7 Å². The molecule has 3 fully saturated rings. The number of carbonyl (C=O) groups excluding carboxylic acids is 1. The highest BCUT2D eigenvalue weighted by molar-refractivity contribution is 5.81. The first kappa shape index (κ1) is 25.3. The number of morpholine rings is 1. The summed E-state index contributed by atoms with van der Waals surface area (Å²) in [6.45, 7) is 2.76. The first-order chi connectivity index (χ1) is 17.1. The highest BCUT2D eigenvalue weighted by Gasteiger charge is 2.46. The Bertz CT molecular complexity index is 1090. The van der Waals surface area contributed by atoms with Gasteiger partial charge in [-0.3, -0.25) is 4.79 Å². The zero-order valence-electron chi connectivity index (χ0n) is 20.4. The Morgan fingerprint density at radius 1 is 1.19 bits per heavy atom. The van der Waals surface area contributed by atoms with E-state index in [9.17, 15) is 18.0 Å². The van der Waals surface area contributed by atoms with Crippen LogP contribution in [0.1, 0.15) is 68.4 Å². The van der Waals surface area contributed by atoms with E-state index in [1.807, 2.05) is 0 Å². The van der Waals surface area contributed by atoms with Gasteiger partial charge in [0.15, 0.2) is 6.10 Å². The average molecular weight is 511 g/mol. The van der Waals surface area contributed by atoms with Crippen LogP contribution in [-0.4, -0.2) is 69.2 Å². The van der Waals surface area contributed by atoms with Gasteiger partial charge in [0, 0.05) is 37.5 Å². The van der Waals surface area contributed by atoms with Crippen LogP contribution in [0.2, 0.25) is 0 Å². The van der Waals surface area contributed by atoms with Crippen molar-refractivity contribution in [1.82, 2.24) is 24.9 Å². The molecule has 1 aliphatic carbocycles. The number of nitrogens with one attached hydrogen (secondary N) is 1. The Hall–Kier alpha value is -2.31. The Morgan fingerprint density at radius 3 is 2.61 bits per heavy atom. The maximum absolute atomic E-state index is 13.3. The Balaban J connectivity index is 1.44. The summed E-state index contributed by atoms with van der Waals surface area (Å²) in [5.41, 5.74) is 8.22. The molecule has 5 rings (SSSR count). The number of halogens is 3. The lowest BCUT2D eigenvalue weighted by atomic mass is 9.75. The summed E-state index contributed by atoms with van der Waals surface area (Å²) < 4.78 is 52.0. The Kier molecular flexibility index (Phi) is 6.94. The van der Waals surface area contributed by atoms with E-state index in [1.165, 1.54) is 0 Å². The standard InChI is InChI=1S/C24H33F3N6O3/c1-14-2-6-23(28,7-3-14)11-16-13-33-22(30-16)31-20(15-4-8-35-9-5-15)17(32-33)10-18-21(34)29-12-19(36-18)24(25,26)27/h13-15,18-19H,2-12,28H2,1H3,(H,29,34). The number of ether oxygens (including phenoxy) is 2. The van der Waals surface area contributed by atoms with Crippen molar-refractivity contribution in [1.29, 1.82) is 0 Å². The van der Waals surface area contributed by atoms with Crippen LogP contribution in [-0.2, 0) is 27.1 Å². The summed E-state index contributed by atoms with van der Waals surface area (Å²) in [5, 5.41) is 7.00. The number of carbonyl (C=O) groups is 1. The van der Waals surface area contributed by atoms with Gasteiger partial charge < -0.3 is 20.5 Å². The molecule has 36 heavy (non-hydrogen) atoms. The van der Waals surface area contributed by atoms with E-state index in [1.54, 1.807) is 10.7 Å². The highest BCUT2D eigenvalue weighted by Crippen LogP contribution is 2.33. The molecule has 198 valence electrons. The minimum atomic E-state index is -4.57. The predicted octanol–water partition coefficient (Wildman–Crippen LogP) is 2.46. The molecule has 2 saturated heterocycles. The second kappa shape index (κ2) is 9.86. The topological polar surface area (TPSA) is 117 Å². The zero-order chi connectivity index (χ0) is 25.5. The summed E-state index contributed by atoms with van der Waals surface area (Å²) in [6, 6.07) is 0. The fraction of sp³-hybridized carbons (Fsp3) is 0.750. The van der Waals surface area contributed by atoms with Gasteiger partial charge in [-0.05, 0) is 44.4 Å². The average Bonchev–Trinajstić information content (AvgIpc) is 3.22. The van der Waals surface area contributed by atoms with E-state index in [0.717, 1.165) is 31.4 Å². The molecule has 0 aromatic carbocycles. The third-order valence-electron chi connectivity index (χ3n) is 7.70. The fourth-order valence-electron chi connectivity index (χ4n) is 5.44. The molecule has 0 bridgehead atoms. The van der Waals surface area contributed by atoms with Crippen molar-refractivity contribution in [2.75, 3.05) is 19.8 Å². The fourth-order valence-corrected chi connectivity index (χ4v) is 5.44. The Labute approximate surface area is 207 Å². The molecular formula is C24H33F3N6O3. The number of amides is 1. The lowest BCUT2D eigenvalue weighted by molar-refractivity contribution is -0.237. The molecule has 12 heteroatoms. The van der Waals surface area contributed by atoms with Gasteiger partial charge in [0.1, 0.15) is 6.10 Å². The van der Waals surface area contributed by atoms with Gasteiger partial charge in [0.2, 0.25) is 5.91 Å². The number of rotatable bonds is 5. The van der Waals surface area contributed by atoms with Gasteiger partial charge in [-0.15, -0.1) is 0 Å². The first-order valence-electron chi connectivity index (χ1n) is 12.7. The number of fused-ring (bicyclic) bond motifs is 1. The molecule has 3 N–H and O–H groups in total. The lowest BCUT2D eigenvalue weighted by Gasteiger charge is -2.35. The zero-order valence-corrected chi connectivity index (χ0v) is 20.4. The van der Waals surface area contributed by atoms with E-state index in [0.29, 0.717) is 55.6 Å². The van der Waals surface area contributed by atoms with Gasteiger partial charge in [0.05, 0.1) is 29.8 Å². The normalized spacial score (nSPS) is 30.5. The summed E-state index contributed by atoms with van der Waals surface area (Å²) in [5.74, 6) is 0.521. The van der Waals surface area contributed by atoms with Crippen LogP contribution in [0.3, 0.4) is 0 Å². The summed E-state index contributed by atoms with van der Waals surface area (Å²) >= 11 is 0. The largest absolute Gasteiger partial charge is 0.416 e. The Morgan fingerprint density at radius 2 is 1.92 bits per heavy atom. The first-order valence-corrected chi connectivity index (χ1v) is 12.7. The SMILES string of the molecule is CC1CCC(N)(Cc2cn3nc(CC4OC(C(F)(F)F)CNC4=O)c(C4CCOCC4)nc3n2)CC1. The van der Waals surface area contributed by atoms with Gasteiger partial charge in [0.25, 0.3) is 5.78 Å². The van der Waals surface area contributed by atoms with Gasteiger partial charge in [-0.1, -0.05) is 6.92 Å². The van der Waals surface area contributed by atoms with Crippen molar-refractivity contribution in [3.05, 3.63) is 23.3 Å². The molecule has 2 aliphatic heterocycles. The number of hydrogen-bond donors (Lipinski definition) is 2. The number of alkyl halides is 3. The minimum absolute atomic E-state index is 0.0112.